The largest absolute Gasteiger partial charge is 0.324 e. The SMILES string of the molecule is CCCCC[C@H](N)c1ccc(Cl)c(C)c1.Cl. The maximum Gasteiger partial charge on any atom is 0.0435 e. The zero-order valence-electron chi connectivity index (χ0n) is 10.0. The summed E-state index contributed by atoms with van der Waals surface area (Å²) in [7, 11) is 0. The lowest BCUT2D eigenvalue weighted by Gasteiger charge is -2.12. The van der Waals surface area contributed by atoms with Gasteiger partial charge in [0, 0.05) is 11.1 Å². The normalized spacial score (nSPS) is 12.0. The Morgan fingerprint density at radius 3 is 2.56 bits per heavy atom. The Balaban J connectivity index is 0.00000225. The topological polar surface area (TPSA) is 26.0 Å². The summed E-state index contributed by atoms with van der Waals surface area (Å²) in [5, 5.41) is 0.819. The fraction of sp³-hybridized carbons (Fsp3) is 0.538. The van der Waals surface area contributed by atoms with Gasteiger partial charge in [0.15, 0.2) is 0 Å². The summed E-state index contributed by atoms with van der Waals surface area (Å²) in [5.41, 5.74) is 8.42. The number of unbranched alkanes of at least 4 members (excludes halogenated alkanes) is 2. The van der Waals surface area contributed by atoms with Crippen LogP contribution < -0.4 is 5.73 Å². The first-order chi connectivity index (χ1) is 7.15. The van der Waals surface area contributed by atoms with Crippen molar-refractivity contribution in [1.29, 1.82) is 0 Å². The maximum absolute atomic E-state index is 6.11. The van der Waals surface area contributed by atoms with Crippen molar-refractivity contribution in [2.24, 2.45) is 5.73 Å². The maximum atomic E-state index is 6.11. The summed E-state index contributed by atoms with van der Waals surface area (Å²) in [4.78, 5) is 0. The highest BCUT2D eigenvalue weighted by Gasteiger charge is 2.06. The molecular formula is C13H21Cl2N. The average Bonchev–Trinajstić information content (AvgIpc) is 2.22. The van der Waals surface area contributed by atoms with Crippen LogP contribution in [0.25, 0.3) is 0 Å². The number of halogens is 2. The Morgan fingerprint density at radius 1 is 1.31 bits per heavy atom. The molecule has 16 heavy (non-hydrogen) atoms. The zero-order valence-corrected chi connectivity index (χ0v) is 11.6. The summed E-state index contributed by atoms with van der Waals surface area (Å²) in [5.74, 6) is 0. The minimum Gasteiger partial charge on any atom is -0.324 e. The average molecular weight is 262 g/mol. The zero-order chi connectivity index (χ0) is 11.3. The Bertz CT molecular complexity index is 313. The molecular weight excluding hydrogens is 241 g/mol. The number of rotatable bonds is 5. The van der Waals surface area contributed by atoms with E-state index in [-0.39, 0.29) is 18.4 Å². The van der Waals surface area contributed by atoms with Gasteiger partial charge in [0.1, 0.15) is 0 Å². The van der Waals surface area contributed by atoms with E-state index in [9.17, 15) is 0 Å². The van der Waals surface area contributed by atoms with Crippen LogP contribution in [0.3, 0.4) is 0 Å². The van der Waals surface area contributed by atoms with Crippen LogP contribution in [-0.2, 0) is 0 Å². The molecule has 0 unspecified atom stereocenters. The van der Waals surface area contributed by atoms with Crippen molar-refractivity contribution in [2.45, 2.75) is 45.6 Å². The van der Waals surface area contributed by atoms with Crippen LogP contribution in [0.5, 0.6) is 0 Å². The molecule has 0 aliphatic heterocycles. The second kappa shape index (κ2) is 7.94. The number of hydrogen-bond donors (Lipinski definition) is 1. The molecule has 0 fully saturated rings. The van der Waals surface area contributed by atoms with E-state index >= 15 is 0 Å². The van der Waals surface area contributed by atoms with E-state index in [1.54, 1.807) is 0 Å². The molecule has 0 aromatic heterocycles. The molecule has 0 radical (unpaired) electrons. The molecule has 92 valence electrons. The first kappa shape index (κ1) is 15.8. The molecule has 1 aromatic carbocycles. The second-order valence-electron chi connectivity index (χ2n) is 4.11. The predicted molar refractivity (Wildman–Crippen MR) is 74.5 cm³/mol. The summed E-state index contributed by atoms with van der Waals surface area (Å²) >= 11 is 5.97. The first-order valence-electron chi connectivity index (χ1n) is 5.66. The monoisotopic (exact) mass is 261 g/mol. The molecule has 3 heteroatoms. The van der Waals surface area contributed by atoms with Crippen LogP contribution in [0.1, 0.15) is 49.8 Å². The van der Waals surface area contributed by atoms with E-state index in [0.29, 0.717) is 0 Å². The van der Waals surface area contributed by atoms with Gasteiger partial charge in [-0.05, 0) is 30.5 Å². The van der Waals surface area contributed by atoms with Crippen LogP contribution in [0, 0.1) is 6.92 Å². The molecule has 1 nitrogen and oxygen atoms in total. The molecule has 1 aromatic rings. The third kappa shape index (κ3) is 4.73. The van der Waals surface area contributed by atoms with Crippen LogP contribution in [0.4, 0.5) is 0 Å². The van der Waals surface area contributed by atoms with Crippen molar-refractivity contribution in [2.75, 3.05) is 0 Å². The Kier molecular flexibility index (Phi) is 7.82. The van der Waals surface area contributed by atoms with E-state index in [1.807, 2.05) is 19.1 Å². The van der Waals surface area contributed by atoms with E-state index < -0.39 is 0 Å². The molecule has 0 bridgehead atoms. The Morgan fingerprint density at radius 2 is 2.00 bits per heavy atom. The minimum atomic E-state index is 0. The van der Waals surface area contributed by atoms with Crippen LogP contribution in [0.15, 0.2) is 18.2 Å². The van der Waals surface area contributed by atoms with Gasteiger partial charge in [-0.15, -0.1) is 12.4 Å². The summed E-state index contributed by atoms with van der Waals surface area (Å²) in [6.45, 7) is 4.22. The molecule has 0 saturated carbocycles. The van der Waals surface area contributed by atoms with Crippen LogP contribution in [-0.4, -0.2) is 0 Å². The van der Waals surface area contributed by atoms with Gasteiger partial charge in [-0.3, -0.25) is 0 Å². The predicted octanol–water partition coefficient (Wildman–Crippen LogP) is 4.65. The van der Waals surface area contributed by atoms with E-state index in [1.165, 1.54) is 24.8 Å². The molecule has 0 spiro atoms. The molecule has 0 amide bonds. The lowest BCUT2D eigenvalue weighted by atomic mass is 10.00. The third-order valence-electron chi connectivity index (χ3n) is 2.73. The van der Waals surface area contributed by atoms with E-state index in [4.69, 9.17) is 17.3 Å². The van der Waals surface area contributed by atoms with Crippen molar-refractivity contribution < 1.29 is 0 Å². The Hall–Kier alpha value is -0.240. The van der Waals surface area contributed by atoms with Gasteiger partial charge < -0.3 is 5.73 Å². The molecule has 1 atom stereocenters. The highest BCUT2D eigenvalue weighted by Crippen LogP contribution is 2.22. The molecule has 0 heterocycles. The van der Waals surface area contributed by atoms with Crippen molar-refractivity contribution >= 4 is 24.0 Å². The minimum absolute atomic E-state index is 0. The highest BCUT2D eigenvalue weighted by atomic mass is 35.5. The first-order valence-corrected chi connectivity index (χ1v) is 6.04. The van der Waals surface area contributed by atoms with Crippen molar-refractivity contribution in [3.8, 4) is 0 Å². The standard InChI is InChI=1S/C13H20ClN.ClH/c1-3-4-5-6-13(15)11-7-8-12(14)10(2)9-11;/h7-9,13H,3-6,15H2,1-2H3;1H/t13-;/m0./s1. The number of aryl methyl sites for hydroxylation is 1. The van der Waals surface area contributed by atoms with Gasteiger partial charge >= 0.3 is 0 Å². The lowest BCUT2D eigenvalue weighted by Crippen LogP contribution is -2.10. The van der Waals surface area contributed by atoms with Crippen LogP contribution in [0.2, 0.25) is 5.02 Å². The third-order valence-corrected chi connectivity index (χ3v) is 3.15. The molecule has 1 rings (SSSR count). The summed E-state index contributed by atoms with van der Waals surface area (Å²) < 4.78 is 0. The van der Waals surface area contributed by atoms with Crippen molar-refractivity contribution in [3.05, 3.63) is 34.3 Å². The Labute approximate surface area is 110 Å². The number of hydrogen-bond acceptors (Lipinski definition) is 1. The quantitative estimate of drug-likeness (QED) is 0.768. The van der Waals surface area contributed by atoms with Gasteiger partial charge in [0.05, 0.1) is 0 Å². The van der Waals surface area contributed by atoms with Gasteiger partial charge in [-0.1, -0.05) is 49.9 Å². The summed E-state index contributed by atoms with van der Waals surface area (Å²) in [6.07, 6.45) is 4.78. The highest BCUT2D eigenvalue weighted by molar-refractivity contribution is 6.31. The van der Waals surface area contributed by atoms with Crippen LogP contribution >= 0.6 is 24.0 Å². The second-order valence-corrected chi connectivity index (χ2v) is 4.52. The fourth-order valence-corrected chi connectivity index (χ4v) is 1.80. The molecule has 0 aliphatic rings. The van der Waals surface area contributed by atoms with Gasteiger partial charge in [0.2, 0.25) is 0 Å². The summed E-state index contributed by atoms with van der Waals surface area (Å²) in [6, 6.07) is 6.23. The molecule has 0 saturated heterocycles. The van der Waals surface area contributed by atoms with Crippen molar-refractivity contribution in [1.82, 2.24) is 0 Å². The van der Waals surface area contributed by atoms with Crippen molar-refractivity contribution in [3.63, 3.8) is 0 Å². The molecule has 2 N–H and O–H groups in total. The van der Waals surface area contributed by atoms with E-state index in [0.717, 1.165) is 17.0 Å². The molecule has 0 aliphatic carbocycles. The number of nitrogens with two attached hydrogens (primary N) is 1. The lowest BCUT2D eigenvalue weighted by molar-refractivity contribution is 0.581. The van der Waals surface area contributed by atoms with Gasteiger partial charge in [0.25, 0.3) is 0 Å². The van der Waals surface area contributed by atoms with Gasteiger partial charge in [-0.2, -0.15) is 0 Å². The fourth-order valence-electron chi connectivity index (χ4n) is 1.68. The van der Waals surface area contributed by atoms with Gasteiger partial charge in [-0.25, -0.2) is 0 Å². The number of benzene rings is 1. The van der Waals surface area contributed by atoms with E-state index in [2.05, 4.69) is 13.0 Å². The smallest absolute Gasteiger partial charge is 0.0435 e.